The van der Waals surface area contributed by atoms with Crippen LogP contribution in [0.2, 0.25) is 0 Å². The van der Waals surface area contributed by atoms with E-state index in [-0.39, 0.29) is 18.5 Å². The van der Waals surface area contributed by atoms with Gasteiger partial charge in [0.15, 0.2) is 5.69 Å². The summed E-state index contributed by atoms with van der Waals surface area (Å²) in [5.74, 6) is -1.97. The molecule has 3 aromatic rings. The highest BCUT2D eigenvalue weighted by Gasteiger charge is 2.52. The number of hydroxylamine groups is 1. The Morgan fingerprint density at radius 1 is 1.14 bits per heavy atom. The zero-order valence-electron chi connectivity index (χ0n) is 23.7. The van der Waals surface area contributed by atoms with Crippen LogP contribution in [0.3, 0.4) is 0 Å². The third-order valence-electron chi connectivity index (χ3n) is 7.25. The van der Waals surface area contributed by atoms with E-state index in [4.69, 9.17) is 10.5 Å². The molecule has 12 nitrogen and oxygen atoms in total. The first-order valence-electron chi connectivity index (χ1n) is 13.5. The SMILES string of the molecule is CC1(C)C(=O)N(c2cnc(C#N)c(C(F)(F)F)c2)C(=O)N1Cc1ccc(-c2cn(CCCCCCC(=O)NO)nn2)cc1F. The molecule has 1 aliphatic rings. The van der Waals surface area contributed by atoms with Crippen LogP contribution in [-0.4, -0.2) is 53.5 Å². The molecule has 16 heteroatoms. The number of benzene rings is 1. The van der Waals surface area contributed by atoms with E-state index < -0.39 is 52.3 Å². The summed E-state index contributed by atoms with van der Waals surface area (Å²) in [6, 6.07) is 5.10. The van der Waals surface area contributed by atoms with Crippen molar-refractivity contribution in [3.05, 3.63) is 59.3 Å². The molecular weight excluding hydrogens is 588 g/mol. The number of aromatic nitrogens is 4. The zero-order chi connectivity index (χ0) is 32.2. The number of alkyl halides is 3. The van der Waals surface area contributed by atoms with Crippen molar-refractivity contribution in [1.82, 2.24) is 30.4 Å². The molecule has 1 aromatic carbocycles. The van der Waals surface area contributed by atoms with Gasteiger partial charge < -0.3 is 4.90 Å². The van der Waals surface area contributed by atoms with Crippen molar-refractivity contribution in [2.45, 2.75) is 70.8 Å². The zero-order valence-corrected chi connectivity index (χ0v) is 23.7. The van der Waals surface area contributed by atoms with Crippen molar-refractivity contribution in [2.24, 2.45) is 0 Å². The number of rotatable bonds is 11. The van der Waals surface area contributed by atoms with Crippen LogP contribution in [-0.2, 0) is 28.9 Å². The van der Waals surface area contributed by atoms with Crippen molar-refractivity contribution >= 4 is 23.5 Å². The molecule has 0 bridgehead atoms. The Morgan fingerprint density at radius 3 is 2.52 bits per heavy atom. The van der Waals surface area contributed by atoms with E-state index in [1.165, 1.54) is 32.0 Å². The molecule has 0 aliphatic carbocycles. The molecule has 44 heavy (non-hydrogen) atoms. The molecule has 2 aromatic heterocycles. The second-order valence-electron chi connectivity index (χ2n) is 10.6. The second kappa shape index (κ2) is 12.8. The largest absolute Gasteiger partial charge is 0.419 e. The molecule has 4 amide bonds. The average Bonchev–Trinajstić information content (AvgIpc) is 3.51. The molecule has 4 rings (SSSR count). The van der Waals surface area contributed by atoms with Gasteiger partial charge in [0.25, 0.3) is 5.91 Å². The minimum atomic E-state index is -4.95. The first-order valence-corrected chi connectivity index (χ1v) is 13.5. The number of hydrogen-bond acceptors (Lipinski definition) is 8. The summed E-state index contributed by atoms with van der Waals surface area (Å²) in [5.41, 5.74) is -1.83. The number of nitrogens with one attached hydrogen (secondary N) is 1. The molecule has 232 valence electrons. The first kappa shape index (κ1) is 32.0. The number of anilines is 1. The molecule has 2 N–H and O–H groups in total. The highest BCUT2D eigenvalue weighted by atomic mass is 19.4. The van der Waals surface area contributed by atoms with Crippen LogP contribution < -0.4 is 10.4 Å². The average molecular weight is 617 g/mol. The Labute approximate surface area is 248 Å². The van der Waals surface area contributed by atoms with Gasteiger partial charge in [-0.1, -0.05) is 30.2 Å². The third kappa shape index (κ3) is 6.67. The first-order chi connectivity index (χ1) is 20.8. The van der Waals surface area contributed by atoms with E-state index in [0.717, 1.165) is 30.4 Å². The predicted molar refractivity (Wildman–Crippen MR) is 145 cm³/mol. The maximum absolute atomic E-state index is 15.3. The van der Waals surface area contributed by atoms with Gasteiger partial charge in [-0.05, 0) is 38.8 Å². The summed E-state index contributed by atoms with van der Waals surface area (Å²) in [6.07, 6.45) is 0.798. The molecule has 0 spiro atoms. The van der Waals surface area contributed by atoms with Gasteiger partial charge in [0.1, 0.15) is 23.1 Å². The Morgan fingerprint density at radius 2 is 1.86 bits per heavy atom. The van der Waals surface area contributed by atoms with Crippen LogP contribution in [0.5, 0.6) is 0 Å². The molecule has 1 aliphatic heterocycles. The smallest absolute Gasteiger partial charge is 0.305 e. The van der Waals surface area contributed by atoms with Gasteiger partial charge in [-0.15, -0.1) is 5.10 Å². The van der Waals surface area contributed by atoms with E-state index in [0.29, 0.717) is 35.2 Å². The highest BCUT2D eigenvalue weighted by molar-refractivity contribution is 6.22. The van der Waals surface area contributed by atoms with Crippen molar-refractivity contribution in [3.8, 4) is 17.3 Å². The lowest BCUT2D eigenvalue weighted by molar-refractivity contribution is -0.138. The van der Waals surface area contributed by atoms with E-state index in [2.05, 4.69) is 15.3 Å². The number of carbonyl (C=O) groups excluding carboxylic acids is 3. The Hall–Kier alpha value is -4.91. The van der Waals surface area contributed by atoms with Gasteiger partial charge in [-0.25, -0.2) is 24.5 Å². The van der Waals surface area contributed by atoms with Crippen LogP contribution in [0.1, 0.15) is 62.8 Å². The normalized spacial score (nSPS) is 14.7. The number of imide groups is 1. The lowest BCUT2D eigenvalue weighted by atomic mass is 10.0. The standard InChI is InChI=1S/C28H28F4N8O4/c1-27(2)25(42)40(19-12-20(28(30,31)32)22(13-33)34-14-19)26(43)39(27)15-18-9-8-17(11-21(18)29)23-16-38(37-35-23)10-6-4-3-5-7-24(41)36-44/h8-9,11-12,14,16,44H,3-7,10,15H2,1-2H3,(H,36,41). The van der Waals surface area contributed by atoms with Crippen molar-refractivity contribution in [1.29, 1.82) is 5.26 Å². The van der Waals surface area contributed by atoms with E-state index in [9.17, 15) is 27.6 Å². The fourth-order valence-corrected chi connectivity index (χ4v) is 4.72. The number of amides is 4. The maximum atomic E-state index is 15.3. The number of pyridine rings is 1. The highest BCUT2D eigenvalue weighted by Crippen LogP contribution is 2.37. The summed E-state index contributed by atoms with van der Waals surface area (Å²) < 4.78 is 57.3. The fourth-order valence-electron chi connectivity index (χ4n) is 4.72. The number of nitrogens with zero attached hydrogens (tertiary/aromatic N) is 7. The topological polar surface area (TPSA) is 157 Å². The van der Waals surface area contributed by atoms with E-state index in [1.807, 2.05) is 0 Å². The molecule has 0 radical (unpaired) electrons. The lowest BCUT2D eigenvalue weighted by Crippen LogP contribution is -2.43. The summed E-state index contributed by atoms with van der Waals surface area (Å²) in [6.45, 7) is 2.98. The van der Waals surface area contributed by atoms with Gasteiger partial charge in [0.2, 0.25) is 5.91 Å². The Bertz CT molecular complexity index is 1620. The Kier molecular flexibility index (Phi) is 9.28. The molecule has 0 saturated carbocycles. The number of urea groups is 1. The van der Waals surface area contributed by atoms with Gasteiger partial charge in [0, 0.05) is 24.1 Å². The van der Waals surface area contributed by atoms with Crippen LogP contribution in [0.4, 0.5) is 28.0 Å². The van der Waals surface area contributed by atoms with Gasteiger partial charge in [-0.2, -0.15) is 18.4 Å². The van der Waals surface area contributed by atoms with Gasteiger partial charge in [-0.3, -0.25) is 19.5 Å². The van der Waals surface area contributed by atoms with Gasteiger partial charge >= 0.3 is 12.2 Å². The van der Waals surface area contributed by atoms with Crippen molar-refractivity contribution in [3.63, 3.8) is 0 Å². The van der Waals surface area contributed by atoms with Gasteiger partial charge in [0.05, 0.1) is 30.2 Å². The molecule has 3 heterocycles. The number of carbonyl (C=O) groups is 3. The number of aryl methyl sites for hydroxylation is 1. The molecule has 0 atom stereocenters. The van der Waals surface area contributed by atoms with Crippen LogP contribution >= 0.6 is 0 Å². The third-order valence-corrected chi connectivity index (χ3v) is 7.25. The van der Waals surface area contributed by atoms with E-state index in [1.54, 1.807) is 22.4 Å². The van der Waals surface area contributed by atoms with Crippen molar-refractivity contribution in [2.75, 3.05) is 4.90 Å². The fraction of sp³-hybridized carbons (Fsp3) is 0.393. The molecule has 0 unspecified atom stereocenters. The van der Waals surface area contributed by atoms with Crippen LogP contribution in [0.25, 0.3) is 11.3 Å². The number of nitriles is 1. The minimum absolute atomic E-state index is 0.0565. The molecular formula is C28H28F4N8O4. The minimum Gasteiger partial charge on any atom is -0.305 e. The summed E-state index contributed by atoms with van der Waals surface area (Å²) in [7, 11) is 0. The second-order valence-corrected chi connectivity index (χ2v) is 10.6. The van der Waals surface area contributed by atoms with E-state index >= 15 is 4.39 Å². The summed E-state index contributed by atoms with van der Waals surface area (Å²) in [4.78, 5) is 42.6. The number of halogens is 4. The monoisotopic (exact) mass is 616 g/mol. The lowest BCUT2D eigenvalue weighted by Gasteiger charge is -2.28. The summed E-state index contributed by atoms with van der Waals surface area (Å²) in [5, 5.41) is 25.6. The van der Waals surface area contributed by atoms with Crippen LogP contribution in [0.15, 0.2) is 36.7 Å². The Balaban J connectivity index is 1.45. The number of unbranched alkanes of at least 4 members (excludes halogenated alkanes) is 3. The number of hydrogen-bond donors (Lipinski definition) is 2. The quantitative estimate of drug-likeness (QED) is 0.104. The molecule has 1 saturated heterocycles. The van der Waals surface area contributed by atoms with Crippen LogP contribution in [0, 0.1) is 17.1 Å². The maximum Gasteiger partial charge on any atom is 0.419 e. The predicted octanol–water partition coefficient (Wildman–Crippen LogP) is 4.57. The van der Waals surface area contributed by atoms with Crippen molar-refractivity contribution < 1.29 is 37.2 Å². The summed E-state index contributed by atoms with van der Waals surface area (Å²) >= 11 is 0. The molecule has 1 fully saturated rings.